The Hall–Kier alpha value is -4.75. The first-order valence-corrected chi connectivity index (χ1v) is 18.2. The molecule has 0 aliphatic rings. The highest BCUT2D eigenvalue weighted by molar-refractivity contribution is 7.09. The molecule has 0 saturated carbocycles. The van der Waals surface area contributed by atoms with Gasteiger partial charge in [-0.15, -0.1) is 11.3 Å². The summed E-state index contributed by atoms with van der Waals surface area (Å²) in [5.41, 5.74) is 2.66. The average Bonchev–Trinajstić information content (AvgIpc) is 3.78. The van der Waals surface area contributed by atoms with Crippen LogP contribution in [0.2, 0.25) is 0 Å². The van der Waals surface area contributed by atoms with E-state index in [0.29, 0.717) is 31.1 Å². The Morgan fingerprint density at radius 1 is 0.922 bits per heavy atom. The summed E-state index contributed by atoms with van der Waals surface area (Å²) in [6.45, 7) is 8.22. The zero-order valence-corrected chi connectivity index (χ0v) is 30.8. The highest BCUT2D eigenvalue weighted by Gasteiger charge is 2.31. The summed E-state index contributed by atoms with van der Waals surface area (Å²) >= 11 is 1.58. The average molecular weight is 719 g/mol. The fraction of sp³-hybridized carbons (Fsp3) is 0.447. The summed E-state index contributed by atoms with van der Waals surface area (Å²) in [5, 5.41) is 23.5. The molecule has 274 valence electrons. The van der Waals surface area contributed by atoms with Crippen LogP contribution in [-0.2, 0) is 41.9 Å². The fourth-order valence-electron chi connectivity index (χ4n) is 5.59. The van der Waals surface area contributed by atoms with E-state index < -0.39 is 36.4 Å². The second kappa shape index (κ2) is 19.6. The van der Waals surface area contributed by atoms with Crippen LogP contribution in [0.5, 0.6) is 0 Å². The molecule has 0 spiro atoms. The molecule has 0 fully saturated rings. The number of carbonyl (C=O) groups is 3. The molecule has 0 saturated heterocycles. The first-order valence-electron chi connectivity index (χ1n) is 17.3. The normalized spacial score (nSPS) is 13.6. The van der Waals surface area contributed by atoms with Gasteiger partial charge in [0.05, 0.1) is 35.6 Å². The lowest BCUT2D eigenvalue weighted by Gasteiger charge is -2.30. The Morgan fingerprint density at radius 3 is 2.20 bits per heavy atom. The number of aliphatic hydroxyl groups is 1. The number of nitrogens with one attached hydrogen (secondary N) is 3. The van der Waals surface area contributed by atoms with E-state index >= 15 is 0 Å². The molecule has 0 aliphatic heterocycles. The molecule has 4 N–H and O–H groups in total. The molecule has 4 atom stereocenters. The van der Waals surface area contributed by atoms with Crippen molar-refractivity contribution in [1.82, 2.24) is 30.8 Å². The van der Waals surface area contributed by atoms with Gasteiger partial charge in [-0.3, -0.25) is 4.79 Å². The van der Waals surface area contributed by atoms with Crippen molar-refractivity contribution in [2.24, 2.45) is 11.8 Å². The van der Waals surface area contributed by atoms with Gasteiger partial charge >= 0.3 is 12.1 Å². The minimum absolute atomic E-state index is 0.113. The van der Waals surface area contributed by atoms with Crippen molar-refractivity contribution in [3.05, 3.63) is 106 Å². The number of oxazole rings is 1. The zero-order chi connectivity index (χ0) is 36.8. The number of ether oxygens (including phenoxy) is 1. The van der Waals surface area contributed by atoms with E-state index in [1.165, 1.54) is 17.5 Å². The molecule has 4 rings (SSSR count). The lowest BCUT2D eigenvalue weighted by Crippen LogP contribution is -2.55. The van der Waals surface area contributed by atoms with E-state index in [1.807, 2.05) is 79.9 Å². The summed E-state index contributed by atoms with van der Waals surface area (Å²) in [7, 11) is 1.68. The largest absolute Gasteiger partial charge is 0.445 e. The number of amides is 4. The summed E-state index contributed by atoms with van der Waals surface area (Å²) < 4.78 is 10.5. The molecule has 2 aromatic carbocycles. The van der Waals surface area contributed by atoms with Gasteiger partial charge in [0.1, 0.15) is 6.04 Å². The molecule has 4 aromatic rings. The molecule has 3 unspecified atom stereocenters. The number of thiazole rings is 1. The van der Waals surface area contributed by atoms with E-state index in [-0.39, 0.29) is 24.9 Å². The van der Waals surface area contributed by atoms with Crippen LogP contribution in [0.4, 0.5) is 9.59 Å². The molecule has 2 aromatic heterocycles. The van der Waals surface area contributed by atoms with E-state index in [4.69, 9.17) is 9.15 Å². The number of alkyl carbamates (subject to hydrolysis) is 1. The maximum atomic E-state index is 13.9. The number of nitrogens with zero attached hydrogens (tertiary/aromatic N) is 3. The van der Waals surface area contributed by atoms with E-state index in [9.17, 15) is 19.5 Å². The Kier molecular flexibility index (Phi) is 15.0. The van der Waals surface area contributed by atoms with Gasteiger partial charge in [-0.25, -0.2) is 19.6 Å². The monoisotopic (exact) mass is 718 g/mol. The predicted molar refractivity (Wildman–Crippen MR) is 196 cm³/mol. The second-order valence-electron chi connectivity index (χ2n) is 13.5. The van der Waals surface area contributed by atoms with Crippen molar-refractivity contribution in [3.63, 3.8) is 0 Å². The number of rotatable bonds is 18. The lowest BCUT2D eigenvalue weighted by atomic mass is 9.93. The van der Waals surface area contributed by atoms with Crippen LogP contribution in [-0.4, -0.2) is 69.3 Å². The highest BCUT2D eigenvalue weighted by Crippen LogP contribution is 2.17. The molecule has 4 amide bonds. The topological polar surface area (TPSA) is 159 Å². The third-order valence-corrected chi connectivity index (χ3v) is 9.17. The number of aliphatic hydroxyl groups excluding tert-OH is 1. The van der Waals surface area contributed by atoms with Crippen molar-refractivity contribution in [3.8, 4) is 0 Å². The lowest BCUT2D eigenvalue weighted by molar-refractivity contribution is -0.124. The van der Waals surface area contributed by atoms with Crippen LogP contribution >= 0.6 is 11.3 Å². The quantitative estimate of drug-likeness (QED) is 0.105. The molecule has 0 radical (unpaired) electrons. The molecular formula is C38H50N6O6S. The predicted octanol–water partition coefficient (Wildman–Crippen LogP) is 5.51. The van der Waals surface area contributed by atoms with Crippen molar-refractivity contribution in [2.75, 3.05) is 7.05 Å². The van der Waals surface area contributed by atoms with Crippen LogP contribution in [0.25, 0.3) is 0 Å². The van der Waals surface area contributed by atoms with Crippen LogP contribution in [0.15, 0.2) is 83.1 Å². The van der Waals surface area contributed by atoms with Gasteiger partial charge in [0.25, 0.3) is 0 Å². The van der Waals surface area contributed by atoms with Crippen LogP contribution in [0.1, 0.15) is 61.7 Å². The number of benzene rings is 2. The summed E-state index contributed by atoms with van der Waals surface area (Å²) in [4.78, 5) is 50.1. The third kappa shape index (κ3) is 13.1. The molecule has 0 aliphatic carbocycles. The molecule has 12 nitrogen and oxygen atoms in total. The van der Waals surface area contributed by atoms with Crippen LogP contribution in [0.3, 0.4) is 0 Å². The van der Waals surface area contributed by atoms with Crippen LogP contribution < -0.4 is 16.0 Å². The van der Waals surface area contributed by atoms with Crippen molar-refractivity contribution >= 4 is 29.4 Å². The number of hydrogen-bond acceptors (Lipinski definition) is 9. The Morgan fingerprint density at radius 2 is 1.59 bits per heavy atom. The van der Waals surface area contributed by atoms with Gasteiger partial charge in [0.15, 0.2) is 18.8 Å². The summed E-state index contributed by atoms with van der Waals surface area (Å²) in [6.07, 6.45) is 2.63. The smallest absolute Gasteiger partial charge is 0.407 e. The molecule has 51 heavy (non-hydrogen) atoms. The number of urea groups is 1. The SMILES string of the molecule is CC(C)Cc1nc(CN(C)C(=O)N[C@H](C(=O)NC(Cc2ccccc2)CC(O)C(Cc2ccccc2)NC(=O)OCc2cnco2)C(C)C)cs1. The van der Waals surface area contributed by atoms with Crippen molar-refractivity contribution in [1.29, 1.82) is 0 Å². The van der Waals surface area contributed by atoms with E-state index in [0.717, 1.165) is 28.2 Å². The molecule has 2 heterocycles. The number of carbonyl (C=O) groups excluding carboxylic acids is 3. The van der Waals surface area contributed by atoms with E-state index in [2.05, 4.69) is 39.8 Å². The maximum Gasteiger partial charge on any atom is 0.407 e. The third-order valence-electron chi connectivity index (χ3n) is 8.25. The van der Waals surface area contributed by atoms with Gasteiger partial charge in [0.2, 0.25) is 5.91 Å². The highest BCUT2D eigenvalue weighted by atomic mass is 32.1. The van der Waals surface area contributed by atoms with Crippen molar-refractivity contribution in [2.45, 2.75) is 90.8 Å². The first kappa shape index (κ1) is 39.0. The van der Waals surface area contributed by atoms with Gasteiger partial charge in [-0.1, -0.05) is 88.4 Å². The Balaban J connectivity index is 1.45. The second-order valence-corrected chi connectivity index (χ2v) is 14.5. The maximum absolute atomic E-state index is 13.9. The van der Waals surface area contributed by atoms with Gasteiger partial charge in [-0.2, -0.15) is 0 Å². The minimum Gasteiger partial charge on any atom is -0.445 e. The summed E-state index contributed by atoms with van der Waals surface area (Å²) in [6, 6.07) is 16.6. The van der Waals surface area contributed by atoms with Gasteiger partial charge in [0, 0.05) is 24.9 Å². The molecular weight excluding hydrogens is 669 g/mol. The fourth-order valence-corrected chi connectivity index (χ4v) is 6.59. The van der Waals surface area contributed by atoms with Gasteiger partial charge in [-0.05, 0) is 42.2 Å². The van der Waals surface area contributed by atoms with Gasteiger partial charge < -0.3 is 35.1 Å². The standard InChI is InChI=1S/C38H50N6O6S/c1-25(2)16-34-40-30(23-51-34)21-44(5)37(47)43-35(26(3)4)36(46)41-29(17-27-12-8-6-9-13-27)19-33(45)32(18-28-14-10-7-11-15-28)42-38(48)49-22-31-20-39-24-50-31/h6-15,20,23-26,29,32-33,35,45H,16-19,21-22H2,1-5H3,(H,41,46)(H,42,48)(H,43,47)/t29?,32?,33?,35-/m0/s1. The Labute approximate surface area is 304 Å². The zero-order valence-electron chi connectivity index (χ0n) is 30.0. The summed E-state index contributed by atoms with van der Waals surface area (Å²) in [5.74, 6) is 0.272. The first-order chi connectivity index (χ1) is 24.5. The molecule has 13 heteroatoms. The molecule has 0 bridgehead atoms. The Bertz CT molecular complexity index is 1630. The van der Waals surface area contributed by atoms with E-state index in [1.54, 1.807) is 18.4 Å². The number of aromatic nitrogens is 2. The van der Waals surface area contributed by atoms with Crippen molar-refractivity contribution < 1.29 is 28.6 Å². The number of hydrogen-bond donors (Lipinski definition) is 4. The minimum atomic E-state index is -1.08. The van der Waals surface area contributed by atoms with Crippen LogP contribution in [0, 0.1) is 11.8 Å².